The highest BCUT2D eigenvalue weighted by Crippen LogP contribution is 2.70. The van der Waals surface area contributed by atoms with Gasteiger partial charge in [0.05, 0.1) is 11.4 Å². The molecule has 1 aromatic heterocycles. The largest absolute Gasteiger partial charge is 0.309 e. The molecule has 0 unspecified atom stereocenters. The number of hydrogen-bond donors (Lipinski definition) is 0. The normalized spacial score (nSPS) is 22.2. The summed E-state index contributed by atoms with van der Waals surface area (Å²) in [5, 5.41) is 8.23. The number of benzene rings is 8. The van der Waals surface area contributed by atoms with E-state index in [1.165, 1.54) is 101 Å². The van der Waals surface area contributed by atoms with Gasteiger partial charge in [0.25, 0.3) is 0 Å². The van der Waals surface area contributed by atoms with Crippen molar-refractivity contribution in [2.45, 2.75) is 37.5 Å². The van der Waals surface area contributed by atoms with Gasteiger partial charge < -0.3 is 4.90 Å². The monoisotopic (exact) mass is 817 g/mol. The van der Waals surface area contributed by atoms with E-state index in [2.05, 4.69) is 205 Å². The smallest absolute Gasteiger partial charge is 0.179 e. The van der Waals surface area contributed by atoms with E-state index in [-0.39, 0.29) is 5.41 Å². The molecule has 0 radical (unpaired) electrons. The van der Waals surface area contributed by atoms with Crippen LogP contribution in [0.4, 0.5) is 17.1 Å². The van der Waals surface area contributed by atoms with E-state index < -0.39 is 8.07 Å². The Morgan fingerprint density at radius 3 is 1.59 bits per heavy atom. The Morgan fingerprint density at radius 2 is 0.934 bits per heavy atom. The van der Waals surface area contributed by atoms with Crippen LogP contribution < -0.4 is 25.6 Å². The fraction of sp³-hybridized carbons (Fsp3) is 0.172. The van der Waals surface area contributed by atoms with Crippen molar-refractivity contribution in [2.75, 3.05) is 4.90 Å². The van der Waals surface area contributed by atoms with E-state index in [0.717, 1.165) is 11.8 Å². The molecule has 9 aromatic rings. The van der Waals surface area contributed by atoms with Gasteiger partial charge in [-0.3, -0.25) is 0 Å². The maximum atomic E-state index is 2.65. The standard InChI is InChI=1S/C58H47NSSi/c1-4-16-44(17-5-1)61(45-18-6-2-7-19-45,46-20-8-3-9-21-46)47-32-30-43(31-33-47)59(53-27-15-29-55-57(53)49-23-11-13-28-54(49)60-55)52-26-14-25-51-56(52)48-22-10-12-24-50(48)58(51)41-35-39-34-40(37-41)38-42(58)36-39/h1-33,39-42H,34-38H2. The predicted octanol–water partition coefficient (Wildman–Crippen LogP) is 12.6. The van der Waals surface area contributed by atoms with Crippen molar-refractivity contribution in [3.63, 3.8) is 0 Å². The number of anilines is 3. The summed E-state index contributed by atoms with van der Waals surface area (Å²) in [5.41, 5.74) is 9.93. The first-order chi connectivity index (χ1) is 30.2. The van der Waals surface area contributed by atoms with Crippen LogP contribution in [-0.4, -0.2) is 8.07 Å². The quantitative estimate of drug-likeness (QED) is 0.114. The van der Waals surface area contributed by atoms with Crippen molar-refractivity contribution in [2.24, 2.45) is 23.7 Å². The van der Waals surface area contributed by atoms with Crippen LogP contribution in [0.2, 0.25) is 0 Å². The fourth-order valence-corrected chi connectivity index (χ4v) is 19.5. The highest BCUT2D eigenvalue weighted by Gasteiger charge is 2.62. The van der Waals surface area contributed by atoms with Crippen LogP contribution in [0.3, 0.4) is 0 Å². The van der Waals surface area contributed by atoms with Gasteiger partial charge in [-0.15, -0.1) is 11.3 Å². The van der Waals surface area contributed by atoms with Gasteiger partial charge in [-0.1, -0.05) is 164 Å². The maximum Gasteiger partial charge on any atom is 0.179 e. The van der Waals surface area contributed by atoms with E-state index in [1.54, 1.807) is 11.1 Å². The first kappa shape index (κ1) is 35.7. The van der Waals surface area contributed by atoms with Gasteiger partial charge in [0.1, 0.15) is 0 Å². The summed E-state index contributed by atoms with van der Waals surface area (Å²) in [6, 6.07) is 76.7. The molecule has 0 atom stereocenters. The van der Waals surface area contributed by atoms with E-state index in [0.29, 0.717) is 11.8 Å². The van der Waals surface area contributed by atoms with Gasteiger partial charge in [0.2, 0.25) is 0 Å². The van der Waals surface area contributed by atoms with Gasteiger partial charge in [0.15, 0.2) is 8.07 Å². The van der Waals surface area contributed by atoms with Crippen molar-refractivity contribution in [1.29, 1.82) is 0 Å². The molecule has 0 amide bonds. The van der Waals surface area contributed by atoms with Crippen molar-refractivity contribution in [1.82, 2.24) is 0 Å². The highest BCUT2D eigenvalue weighted by molar-refractivity contribution is 7.26. The number of thiophene rings is 1. The third-order valence-electron chi connectivity index (χ3n) is 15.6. The Hall–Kier alpha value is -6.00. The zero-order valence-electron chi connectivity index (χ0n) is 34.3. The summed E-state index contributed by atoms with van der Waals surface area (Å²) in [5.74, 6) is 3.24. The number of hydrogen-bond acceptors (Lipinski definition) is 2. The SMILES string of the molecule is c1ccc([Si](c2ccccc2)(c2ccccc2)c2ccc(N(c3cccc4c3-c3ccccc3C43C4CC5CC(C4)CC3C5)c3cccc4sc5ccccc5c34)cc2)cc1. The molecular formula is C58H47NSSi. The van der Waals surface area contributed by atoms with Crippen LogP contribution in [0.1, 0.15) is 43.2 Å². The fourth-order valence-electron chi connectivity index (χ4n) is 13.6. The molecule has 0 aliphatic heterocycles. The minimum absolute atomic E-state index is 0.0955. The highest BCUT2D eigenvalue weighted by atomic mass is 32.1. The van der Waals surface area contributed by atoms with Crippen molar-refractivity contribution in [3.05, 3.63) is 211 Å². The Labute approximate surface area is 364 Å². The van der Waals surface area contributed by atoms with Crippen LogP contribution >= 0.6 is 11.3 Å². The second-order valence-electron chi connectivity index (χ2n) is 18.4. The minimum atomic E-state index is -2.71. The summed E-state index contributed by atoms with van der Waals surface area (Å²) < 4.78 is 2.66. The molecule has 14 rings (SSSR count). The Bertz CT molecular complexity index is 2970. The molecule has 4 fully saturated rings. The lowest BCUT2D eigenvalue weighted by atomic mass is 9.43. The molecule has 3 heteroatoms. The first-order valence-corrected chi connectivity index (χ1v) is 25.3. The summed E-state index contributed by atoms with van der Waals surface area (Å²) in [6.45, 7) is 0. The number of nitrogens with zero attached hydrogens (tertiary/aromatic N) is 1. The average molecular weight is 818 g/mol. The summed E-state index contributed by atoms with van der Waals surface area (Å²) >= 11 is 1.91. The van der Waals surface area contributed by atoms with Gasteiger partial charge in [-0.05, 0) is 130 Å². The van der Waals surface area contributed by atoms with Crippen LogP contribution in [0, 0.1) is 23.7 Å². The molecule has 8 aromatic carbocycles. The van der Waals surface area contributed by atoms with Gasteiger partial charge in [-0.2, -0.15) is 0 Å². The zero-order chi connectivity index (χ0) is 40.1. The van der Waals surface area contributed by atoms with Gasteiger partial charge in [0, 0.05) is 36.8 Å². The third kappa shape index (κ3) is 5.05. The molecule has 1 heterocycles. The van der Waals surface area contributed by atoms with Crippen LogP contribution in [0.25, 0.3) is 31.3 Å². The van der Waals surface area contributed by atoms with Crippen LogP contribution in [0.15, 0.2) is 200 Å². The van der Waals surface area contributed by atoms with Crippen molar-refractivity contribution in [3.8, 4) is 11.1 Å². The van der Waals surface area contributed by atoms with Gasteiger partial charge >= 0.3 is 0 Å². The van der Waals surface area contributed by atoms with Crippen molar-refractivity contribution >= 4 is 77.4 Å². The molecule has 0 saturated heterocycles. The molecule has 1 spiro atoms. The average Bonchev–Trinajstić information content (AvgIpc) is 3.85. The Kier molecular flexibility index (Phi) is 8.06. The number of rotatable bonds is 7. The molecular weight excluding hydrogens is 771 g/mol. The molecule has 4 bridgehead atoms. The van der Waals surface area contributed by atoms with Crippen LogP contribution in [0.5, 0.6) is 0 Å². The molecule has 5 aliphatic rings. The lowest BCUT2D eigenvalue weighted by Crippen LogP contribution is -2.74. The maximum absolute atomic E-state index is 2.71. The van der Waals surface area contributed by atoms with Crippen molar-refractivity contribution < 1.29 is 0 Å². The predicted molar refractivity (Wildman–Crippen MR) is 261 cm³/mol. The second-order valence-corrected chi connectivity index (χ2v) is 23.3. The number of fused-ring (bicyclic) bond motifs is 6. The third-order valence-corrected chi connectivity index (χ3v) is 21.5. The molecule has 294 valence electrons. The lowest BCUT2D eigenvalue weighted by Gasteiger charge is -2.61. The van der Waals surface area contributed by atoms with Crippen LogP contribution in [-0.2, 0) is 5.41 Å². The topological polar surface area (TPSA) is 3.24 Å². The van der Waals surface area contributed by atoms with E-state index in [1.807, 2.05) is 11.3 Å². The Balaban J connectivity index is 1.07. The summed E-state index contributed by atoms with van der Waals surface area (Å²) in [6.07, 6.45) is 6.99. The molecule has 1 nitrogen and oxygen atoms in total. The second kappa shape index (κ2) is 13.8. The summed E-state index contributed by atoms with van der Waals surface area (Å²) in [7, 11) is -2.71. The molecule has 5 aliphatic carbocycles. The zero-order valence-corrected chi connectivity index (χ0v) is 36.1. The van der Waals surface area contributed by atoms with E-state index >= 15 is 0 Å². The van der Waals surface area contributed by atoms with E-state index in [9.17, 15) is 0 Å². The van der Waals surface area contributed by atoms with E-state index in [4.69, 9.17) is 0 Å². The minimum Gasteiger partial charge on any atom is -0.309 e. The Morgan fingerprint density at radius 1 is 0.426 bits per heavy atom. The molecule has 61 heavy (non-hydrogen) atoms. The first-order valence-electron chi connectivity index (χ1n) is 22.4. The summed E-state index contributed by atoms with van der Waals surface area (Å²) in [4.78, 5) is 2.65. The molecule has 4 saturated carbocycles. The van der Waals surface area contributed by atoms with Gasteiger partial charge in [-0.25, -0.2) is 0 Å². The lowest BCUT2D eigenvalue weighted by molar-refractivity contribution is -0.0399. The molecule has 0 N–H and O–H groups in total.